The number of aromatic nitrogens is 1. The van der Waals surface area contributed by atoms with Crippen molar-refractivity contribution < 1.29 is 18.7 Å². The zero-order valence-electron chi connectivity index (χ0n) is 11.4. The van der Waals surface area contributed by atoms with E-state index in [2.05, 4.69) is 4.98 Å². The minimum Gasteiger partial charge on any atom is -0.494 e. The molecule has 0 saturated heterocycles. The molecule has 21 heavy (non-hydrogen) atoms. The Hall–Kier alpha value is -1.59. The predicted octanol–water partition coefficient (Wildman–Crippen LogP) is 3.95. The summed E-state index contributed by atoms with van der Waals surface area (Å²) in [4.78, 5) is 16.0. The van der Waals surface area contributed by atoms with Gasteiger partial charge in [-0.05, 0) is 18.6 Å². The normalized spacial score (nSPS) is 10.7. The van der Waals surface area contributed by atoms with Gasteiger partial charge in [-0.2, -0.15) is 0 Å². The number of rotatable bonds is 4. The second-order valence-corrected chi connectivity index (χ2v) is 4.74. The molecule has 1 heterocycles. The highest BCUT2D eigenvalue weighted by Gasteiger charge is 2.22. The fourth-order valence-corrected chi connectivity index (χ4v) is 2.56. The maximum Gasteiger partial charge on any atom is 0.341 e. The number of esters is 1. The lowest BCUT2D eigenvalue weighted by Crippen LogP contribution is -2.10. The van der Waals surface area contributed by atoms with E-state index >= 15 is 0 Å². The summed E-state index contributed by atoms with van der Waals surface area (Å²) in [6.45, 7) is 1.88. The monoisotopic (exact) mass is 331 g/mol. The zero-order chi connectivity index (χ0) is 15.6. The number of halogens is 3. The Bertz CT molecular complexity index is 706. The lowest BCUT2D eigenvalue weighted by molar-refractivity contribution is 0.0525. The lowest BCUT2D eigenvalue weighted by atomic mass is 10.0. The number of carbonyl (C=O) groups excluding carboxylic acids is 1. The smallest absolute Gasteiger partial charge is 0.341 e. The van der Waals surface area contributed by atoms with E-state index < -0.39 is 11.8 Å². The molecule has 0 radical (unpaired) electrons. The van der Waals surface area contributed by atoms with Crippen molar-refractivity contribution in [2.45, 2.75) is 12.8 Å². The van der Waals surface area contributed by atoms with Crippen LogP contribution in [0.4, 0.5) is 4.39 Å². The number of methoxy groups -OCH3 is 1. The number of pyridine rings is 1. The van der Waals surface area contributed by atoms with Gasteiger partial charge in [0.15, 0.2) is 11.6 Å². The Kier molecular flexibility index (Phi) is 4.85. The standard InChI is InChI=1S/C14H12Cl2FNO3/c1-3-21-14(19)12-8(6-15)7-4-11(20-2)9(17)5-10(7)18-13(12)16/h4-5H,3,6H2,1-2H3. The van der Waals surface area contributed by atoms with Crippen LogP contribution < -0.4 is 4.74 Å². The Morgan fingerprint density at radius 2 is 2.14 bits per heavy atom. The molecular weight excluding hydrogens is 320 g/mol. The second kappa shape index (κ2) is 6.45. The topological polar surface area (TPSA) is 48.4 Å². The molecule has 0 aliphatic heterocycles. The van der Waals surface area contributed by atoms with Crippen LogP contribution in [0.3, 0.4) is 0 Å². The van der Waals surface area contributed by atoms with Crippen molar-refractivity contribution in [2.75, 3.05) is 13.7 Å². The number of carbonyl (C=O) groups is 1. The average Bonchev–Trinajstić information content (AvgIpc) is 2.45. The number of fused-ring (bicyclic) bond motifs is 1. The number of benzene rings is 1. The van der Waals surface area contributed by atoms with Gasteiger partial charge in [0.2, 0.25) is 0 Å². The summed E-state index contributed by atoms with van der Waals surface area (Å²) in [6, 6.07) is 2.62. The summed E-state index contributed by atoms with van der Waals surface area (Å²) < 4.78 is 23.6. The molecule has 7 heteroatoms. The van der Waals surface area contributed by atoms with Crippen molar-refractivity contribution in [1.29, 1.82) is 0 Å². The Morgan fingerprint density at radius 1 is 1.43 bits per heavy atom. The van der Waals surface area contributed by atoms with Crippen LogP contribution in [0.2, 0.25) is 5.15 Å². The van der Waals surface area contributed by atoms with E-state index in [0.29, 0.717) is 16.5 Å². The summed E-state index contributed by atoms with van der Waals surface area (Å²) >= 11 is 12.0. The van der Waals surface area contributed by atoms with Crippen molar-refractivity contribution in [3.63, 3.8) is 0 Å². The molecule has 2 aromatic rings. The first-order chi connectivity index (χ1) is 10.0. The quantitative estimate of drug-likeness (QED) is 0.483. The van der Waals surface area contributed by atoms with Gasteiger partial charge in [0.25, 0.3) is 0 Å². The SMILES string of the molecule is CCOC(=O)c1c(Cl)nc2cc(F)c(OC)cc2c1CCl. The van der Waals surface area contributed by atoms with Gasteiger partial charge in [0.1, 0.15) is 10.7 Å². The van der Waals surface area contributed by atoms with Crippen LogP contribution in [0, 0.1) is 5.82 Å². The Morgan fingerprint density at radius 3 is 2.71 bits per heavy atom. The molecule has 0 saturated carbocycles. The second-order valence-electron chi connectivity index (χ2n) is 4.11. The number of ether oxygens (including phenoxy) is 2. The fraction of sp³-hybridized carbons (Fsp3) is 0.286. The molecule has 0 aliphatic rings. The highest BCUT2D eigenvalue weighted by molar-refractivity contribution is 6.33. The summed E-state index contributed by atoms with van der Waals surface area (Å²) in [5.74, 6) is -1.15. The van der Waals surface area contributed by atoms with E-state index in [1.807, 2.05) is 0 Å². The summed E-state index contributed by atoms with van der Waals surface area (Å²) in [6.07, 6.45) is 0. The first-order valence-corrected chi connectivity index (χ1v) is 7.03. The van der Waals surface area contributed by atoms with Gasteiger partial charge in [-0.1, -0.05) is 11.6 Å². The zero-order valence-corrected chi connectivity index (χ0v) is 12.9. The Balaban J connectivity index is 2.79. The minimum absolute atomic E-state index is 0.00166. The van der Waals surface area contributed by atoms with E-state index in [1.165, 1.54) is 19.2 Å². The molecule has 0 aliphatic carbocycles. The van der Waals surface area contributed by atoms with Gasteiger partial charge >= 0.3 is 5.97 Å². The number of hydrogen-bond donors (Lipinski definition) is 0. The lowest BCUT2D eigenvalue weighted by Gasteiger charge is -2.13. The third-order valence-electron chi connectivity index (χ3n) is 2.94. The van der Waals surface area contributed by atoms with Crippen molar-refractivity contribution in [3.8, 4) is 5.75 Å². The van der Waals surface area contributed by atoms with Gasteiger partial charge in [0.05, 0.1) is 19.2 Å². The van der Waals surface area contributed by atoms with Crippen LogP contribution in [0.1, 0.15) is 22.8 Å². The molecule has 4 nitrogen and oxygen atoms in total. The van der Waals surface area contributed by atoms with Crippen LogP contribution in [-0.4, -0.2) is 24.7 Å². The van der Waals surface area contributed by atoms with Gasteiger partial charge in [-0.3, -0.25) is 0 Å². The highest BCUT2D eigenvalue weighted by atomic mass is 35.5. The van der Waals surface area contributed by atoms with Gasteiger partial charge in [-0.25, -0.2) is 14.2 Å². The number of nitrogens with zero attached hydrogens (tertiary/aromatic N) is 1. The van der Waals surface area contributed by atoms with Crippen LogP contribution >= 0.6 is 23.2 Å². The van der Waals surface area contributed by atoms with Crippen molar-refractivity contribution in [1.82, 2.24) is 4.98 Å². The third kappa shape index (κ3) is 2.89. The molecule has 1 aromatic heterocycles. The molecule has 0 atom stereocenters. The largest absolute Gasteiger partial charge is 0.494 e. The molecule has 0 amide bonds. The number of alkyl halides is 1. The van der Waals surface area contributed by atoms with E-state index in [4.69, 9.17) is 32.7 Å². The van der Waals surface area contributed by atoms with Gasteiger partial charge in [0, 0.05) is 17.3 Å². The van der Waals surface area contributed by atoms with Crippen molar-refractivity contribution in [3.05, 3.63) is 34.2 Å². The van der Waals surface area contributed by atoms with Gasteiger partial charge < -0.3 is 9.47 Å². The van der Waals surface area contributed by atoms with Crippen LogP contribution in [0.5, 0.6) is 5.75 Å². The van der Waals surface area contributed by atoms with Crippen molar-refractivity contribution >= 4 is 40.1 Å². The highest BCUT2D eigenvalue weighted by Crippen LogP contribution is 2.32. The fourth-order valence-electron chi connectivity index (χ4n) is 2.00. The Labute approximate surface area is 130 Å². The van der Waals surface area contributed by atoms with Gasteiger partial charge in [-0.15, -0.1) is 11.6 Å². The van der Waals surface area contributed by atoms with Crippen LogP contribution in [-0.2, 0) is 10.6 Å². The van der Waals surface area contributed by atoms with Crippen molar-refractivity contribution in [2.24, 2.45) is 0 Å². The maximum atomic E-state index is 13.7. The molecular formula is C14H12Cl2FNO3. The summed E-state index contributed by atoms with van der Waals surface area (Å²) in [5, 5.41) is 0.428. The van der Waals surface area contributed by atoms with E-state index in [0.717, 1.165) is 0 Å². The van der Waals surface area contributed by atoms with E-state index in [1.54, 1.807) is 6.92 Å². The molecule has 0 bridgehead atoms. The van der Waals surface area contributed by atoms with Crippen LogP contribution in [0.15, 0.2) is 12.1 Å². The summed E-state index contributed by atoms with van der Waals surface area (Å²) in [5.41, 5.74) is 0.820. The summed E-state index contributed by atoms with van der Waals surface area (Å²) in [7, 11) is 1.35. The molecule has 0 spiro atoms. The van der Waals surface area contributed by atoms with Crippen LogP contribution in [0.25, 0.3) is 10.9 Å². The first-order valence-electron chi connectivity index (χ1n) is 6.12. The third-order valence-corrected chi connectivity index (χ3v) is 3.48. The van der Waals surface area contributed by atoms with E-state index in [9.17, 15) is 9.18 Å². The predicted molar refractivity (Wildman–Crippen MR) is 78.8 cm³/mol. The molecule has 0 N–H and O–H groups in total. The first kappa shape index (κ1) is 15.8. The minimum atomic E-state index is -0.615. The molecule has 1 aromatic carbocycles. The average molecular weight is 332 g/mol. The molecule has 0 unspecified atom stereocenters. The van der Waals surface area contributed by atoms with E-state index in [-0.39, 0.29) is 29.0 Å². The maximum absolute atomic E-state index is 13.7. The molecule has 112 valence electrons. The number of hydrogen-bond acceptors (Lipinski definition) is 4. The molecule has 0 fully saturated rings. The molecule has 2 rings (SSSR count).